The average Bonchev–Trinajstić information content (AvgIpc) is 3.61. The first-order valence-electron chi connectivity index (χ1n) is 33.2. The number of ether oxygens (including phenoxy) is 2. The first-order valence-corrected chi connectivity index (χ1v) is 34.7. The number of hydrogen-bond donors (Lipinski definition) is 0. The van der Waals surface area contributed by atoms with Crippen LogP contribution < -0.4 is 4.89 Å². The minimum atomic E-state index is -4.65. The van der Waals surface area contributed by atoms with Crippen LogP contribution in [-0.2, 0) is 32.7 Å². The predicted molar refractivity (Wildman–Crippen MR) is 360 cm³/mol. The Bertz CT molecular complexity index is 1970. The molecule has 0 aliphatic rings. The van der Waals surface area contributed by atoms with Crippen LogP contribution in [0.4, 0.5) is 0 Å². The third-order valence-corrected chi connectivity index (χ3v) is 14.5. The Balaban J connectivity index is 4.15. The minimum Gasteiger partial charge on any atom is -0.756 e. The summed E-state index contributed by atoms with van der Waals surface area (Å²) >= 11 is 0. The number of allylic oxidation sites excluding steroid dienone is 26. The Labute approximate surface area is 516 Å². The number of phosphoric ester groups is 1. The fourth-order valence-corrected chi connectivity index (χ4v) is 9.18. The van der Waals surface area contributed by atoms with Crippen LogP contribution in [0.2, 0.25) is 0 Å². The summed E-state index contributed by atoms with van der Waals surface area (Å²) in [5.41, 5.74) is 0. The zero-order valence-electron chi connectivity index (χ0n) is 54.0. The van der Waals surface area contributed by atoms with E-state index in [1.54, 1.807) is 0 Å². The van der Waals surface area contributed by atoms with Crippen LogP contribution in [0.5, 0.6) is 0 Å². The van der Waals surface area contributed by atoms with E-state index in [2.05, 4.69) is 172 Å². The van der Waals surface area contributed by atoms with Gasteiger partial charge in [-0.3, -0.25) is 14.2 Å². The van der Waals surface area contributed by atoms with Crippen LogP contribution in [0.15, 0.2) is 158 Å². The van der Waals surface area contributed by atoms with E-state index in [0.717, 1.165) is 141 Å². The second-order valence-electron chi connectivity index (χ2n) is 22.7. The fraction of sp³-hybridized carbons (Fsp3) is 0.622. The van der Waals surface area contributed by atoms with Gasteiger partial charge in [-0.15, -0.1) is 0 Å². The minimum absolute atomic E-state index is 0.0416. The van der Waals surface area contributed by atoms with Crippen molar-refractivity contribution in [2.45, 2.75) is 251 Å². The van der Waals surface area contributed by atoms with Crippen molar-refractivity contribution in [2.24, 2.45) is 0 Å². The SMILES string of the molecule is CC/C=C\C/C=C\C/C=C\C/C=C\C/C=C\C/C=C\C/C=C\C/C=C\C/C=C\C/C=C\C/C=C\CCCCCCCCCC(=O)OC(COC(=O)CCCCCCCCCCC/C=C\C/C=C\CCCCC)COP(=O)([O-])OCC[N+](C)(C)C. The van der Waals surface area contributed by atoms with Gasteiger partial charge >= 0.3 is 11.9 Å². The molecule has 0 aliphatic heterocycles. The van der Waals surface area contributed by atoms with Gasteiger partial charge in [0, 0.05) is 12.8 Å². The molecule has 0 radical (unpaired) electrons. The van der Waals surface area contributed by atoms with Gasteiger partial charge in [0.1, 0.15) is 19.8 Å². The summed E-state index contributed by atoms with van der Waals surface area (Å²) in [6.07, 6.45) is 94.5. The number of rotatable bonds is 59. The molecule has 0 aromatic rings. The summed E-state index contributed by atoms with van der Waals surface area (Å²) in [5, 5.41) is 0. The van der Waals surface area contributed by atoms with E-state index < -0.39 is 32.5 Å². The third-order valence-electron chi connectivity index (χ3n) is 13.5. The number of esters is 2. The summed E-state index contributed by atoms with van der Waals surface area (Å²) in [6, 6.07) is 0. The Kier molecular flexibility index (Phi) is 59.9. The molecule has 9 nitrogen and oxygen atoms in total. The van der Waals surface area contributed by atoms with Crippen LogP contribution in [0.3, 0.4) is 0 Å². The molecule has 0 aromatic carbocycles. The second kappa shape index (κ2) is 63.1. The van der Waals surface area contributed by atoms with E-state index in [9.17, 15) is 19.0 Å². The summed E-state index contributed by atoms with van der Waals surface area (Å²) < 4.78 is 34.2. The zero-order valence-corrected chi connectivity index (χ0v) is 54.9. The van der Waals surface area contributed by atoms with Crippen LogP contribution in [0.1, 0.15) is 245 Å². The number of hydrogen-bond acceptors (Lipinski definition) is 8. The van der Waals surface area contributed by atoms with Gasteiger partial charge in [-0.2, -0.15) is 0 Å². The summed E-state index contributed by atoms with van der Waals surface area (Å²) in [6.45, 7) is 4.07. The van der Waals surface area contributed by atoms with Crippen molar-refractivity contribution in [3.8, 4) is 0 Å². The highest BCUT2D eigenvalue weighted by molar-refractivity contribution is 7.45. The summed E-state index contributed by atoms with van der Waals surface area (Å²) in [5.74, 6) is -0.859. The largest absolute Gasteiger partial charge is 0.756 e. The lowest BCUT2D eigenvalue weighted by Crippen LogP contribution is -2.37. The fourth-order valence-electron chi connectivity index (χ4n) is 8.46. The predicted octanol–water partition coefficient (Wildman–Crippen LogP) is 21.0. The van der Waals surface area contributed by atoms with E-state index in [1.807, 2.05) is 21.1 Å². The molecule has 10 heteroatoms. The van der Waals surface area contributed by atoms with Crippen molar-refractivity contribution in [1.29, 1.82) is 0 Å². The molecule has 476 valence electrons. The lowest BCUT2D eigenvalue weighted by atomic mass is 10.1. The molecule has 0 amide bonds. The Morgan fingerprint density at radius 1 is 0.381 bits per heavy atom. The maximum atomic E-state index is 12.8. The molecule has 0 saturated heterocycles. The molecule has 0 spiro atoms. The molecule has 0 heterocycles. The van der Waals surface area contributed by atoms with Crippen molar-refractivity contribution in [2.75, 3.05) is 47.5 Å². The van der Waals surface area contributed by atoms with Crippen molar-refractivity contribution in [3.05, 3.63) is 158 Å². The van der Waals surface area contributed by atoms with E-state index in [4.69, 9.17) is 18.5 Å². The second-order valence-corrected chi connectivity index (χ2v) is 24.2. The standard InChI is InChI=1S/C74H122NO8P/c1-6-8-10-12-14-16-18-20-22-24-26-27-28-29-30-31-32-33-34-35-36-37-38-39-40-41-42-43-44-45-46-47-49-51-53-55-57-59-61-63-65-67-74(77)83-72(71-82-84(78,79)81-69-68-75(3,4)5)70-80-73(76)66-64-62-60-58-56-54-52-50-48-25-23-21-19-17-15-13-11-9-7-2/h8,10,14-17,20-23,26-27,29-30,32-33,35-36,38-39,41-42,44-45,47,49,72H,6-7,9,11-13,18-19,24-25,28,31,34,37,40,43,46,48,50-71H2,1-5H3/b10-8-,16-14-,17-15-,22-20-,23-21-,27-26-,30-29-,33-32-,36-35-,39-38-,42-41-,45-44-,49-47-. The van der Waals surface area contributed by atoms with Crippen LogP contribution >= 0.6 is 7.82 Å². The number of phosphoric acid groups is 1. The van der Waals surface area contributed by atoms with Crippen molar-refractivity contribution >= 4 is 19.8 Å². The van der Waals surface area contributed by atoms with Crippen molar-refractivity contribution < 1.29 is 42.1 Å². The van der Waals surface area contributed by atoms with Crippen LogP contribution in [-0.4, -0.2) is 70.0 Å². The quantitative estimate of drug-likeness (QED) is 0.0195. The van der Waals surface area contributed by atoms with E-state index >= 15 is 0 Å². The maximum Gasteiger partial charge on any atom is 0.306 e. The molecule has 0 fully saturated rings. The zero-order chi connectivity index (χ0) is 61.2. The number of nitrogens with zero attached hydrogens (tertiary/aromatic N) is 1. The highest BCUT2D eigenvalue weighted by Crippen LogP contribution is 2.38. The molecule has 0 N–H and O–H groups in total. The molecule has 0 bridgehead atoms. The molecule has 0 saturated carbocycles. The normalized spacial score (nSPS) is 14.2. The monoisotopic (exact) mass is 1180 g/mol. The van der Waals surface area contributed by atoms with Gasteiger partial charge in [-0.1, -0.05) is 262 Å². The summed E-state index contributed by atoms with van der Waals surface area (Å²) in [4.78, 5) is 38.0. The molecule has 0 aliphatic carbocycles. The number of likely N-dealkylation sites (N-methyl/N-ethyl adjacent to an activating group) is 1. The van der Waals surface area contributed by atoms with Gasteiger partial charge in [0.05, 0.1) is 27.7 Å². The van der Waals surface area contributed by atoms with Gasteiger partial charge in [-0.25, -0.2) is 0 Å². The van der Waals surface area contributed by atoms with E-state index in [1.165, 1.54) is 70.6 Å². The maximum absolute atomic E-state index is 12.8. The number of quaternary nitrogens is 1. The molecule has 2 unspecified atom stereocenters. The Morgan fingerprint density at radius 3 is 1.01 bits per heavy atom. The molecule has 0 rings (SSSR count). The Hall–Kier alpha value is -4.37. The highest BCUT2D eigenvalue weighted by atomic mass is 31.2. The van der Waals surface area contributed by atoms with Gasteiger partial charge in [0.2, 0.25) is 0 Å². The summed E-state index contributed by atoms with van der Waals surface area (Å²) in [7, 11) is 1.14. The smallest absolute Gasteiger partial charge is 0.306 e. The molecular formula is C74H122NO8P. The van der Waals surface area contributed by atoms with Gasteiger partial charge in [0.25, 0.3) is 7.82 Å². The van der Waals surface area contributed by atoms with Crippen molar-refractivity contribution in [3.63, 3.8) is 0 Å². The number of carbonyl (C=O) groups excluding carboxylic acids is 2. The van der Waals surface area contributed by atoms with Crippen LogP contribution in [0, 0.1) is 0 Å². The topological polar surface area (TPSA) is 111 Å². The molecule has 2 atom stereocenters. The first-order chi connectivity index (χ1) is 41.0. The highest BCUT2D eigenvalue weighted by Gasteiger charge is 2.22. The van der Waals surface area contributed by atoms with Gasteiger partial charge in [0.15, 0.2) is 6.10 Å². The van der Waals surface area contributed by atoms with Crippen LogP contribution in [0.25, 0.3) is 0 Å². The molecular weight excluding hydrogens is 1060 g/mol. The lowest BCUT2D eigenvalue weighted by Gasteiger charge is -2.28. The average molecular weight is 1180 g/mol. The van der Waals surface area contributed by atoms with E-state index in [0.29, 0.717) is 17.4 Å². The van der Waals surface area contributed by atoms with E-state index in [-0.39, 0.29) is 26.1 Å². The number of carbonyl (C=O) groups is 2. The lowest BCUT2D eigenvalue weighted by molar-refractivity contribution is -0.870. The Morgan fingerprint density at radius 2 is 0.679 bits per heavy atom. The molecule has 0 aromatic heterocycles. The van der Waals surface area contributed by atoms with Crippen molar-refractivity contribution in [1.82, 2.24) is 0 Å². The molecule has 84 heavy (non-hydrogen) atoms. The van der Waals surface area contributed by atoms with Gasteiger partial charge in [-0.05, 0) is 128 Å². The van der Waals surface area contributed by atoms with Gasteiger partial charge < -0.3 is 27.9 Å². The number of unbranched alkanes of at least 4 members (excludes halogenated alkanes) is 19. The first kappa shape index (κ1) is 79.6. The third kappa shape index (κ3) is 66.8.